The number of nitrogens with one attached hydrogen (secondary N) is 1. The van der Waals surface area contributed by atoms with E-state index in [-0.39, 0.29) is 5.91 Å². The Labute approximate surface area is 129 Å². The molecule has 0 unspecified atom stereocenters. The Kier molecular flexibility index (Phi) is 3.97. The first-order valence-electron chi connectivity index (χ1n) is 7.28. The maximum atomic E-state index is 12.2. The van der Waals surface area contributed by atoms with Crippen molar-refractivity contribution in [1.82, 2.24) is 5.32 Å². The zero-order chi connectivity index (χ0) is 14.8. The summed E-state index contributed by atoms with van der Waals surface area (Å²) in [5.74, 6) is 1.52. The molecule has 1 amide bonds. The molecule has 4 heteroatoms. The maximum absolute atomic E-state index is 12.2. The lowest BCUT2D eigenvalue weighted by Gasteiger charge is -2.16. The minimum absolute atomic E-state index is 0.0209. The van der Waals surface area contributed by atoms with Gasteiger partial charge >= 0.3 is 0 Å². The minimum Gasteiger partial charge on any atom is -0.488 e. The molecule has 0 radical (unpaired) electrons. The highest BCUT2D eigenvalue weighted by Gasteiger charge is 2.22. The molecular formula is C17H19NO2S. The van der Waals surface area contributed by atoms with E-state index in [2.05, 4.69) is 19.2 Å². The monoisotopic (exact) mass is 301 g/mol. The van der Waals surface area contributed by atoms with Crippen molar-refractivity contribution >= 4 is 17.2 Å². The number of hydrogen-bond donors (Lipinski definition) is 1. The summed E-state index contributed by atoms with van der Waals surface area (Å²) in [6, 6.07) is 9.95. The second kappa shape index (κ2) is 5.90. The Morgan fingerprint density at radius 2 is 2.19 bits per heavy atom. The van der Waals surface area contributed by atoms with Gasteiger partial charge in [0.05, 0.1) is 4.88 Å². The molecule has 1 aliphatic heterocycles. The Hall–Kier alpha value is -1.81. The van der Waals surface area contributed by atoms with Crippen molar-refractivity contribution in [3.63, 3.8) is 0 Å². The van der Waals surface area contributed by atoms with Crippen LogP contribution in [0.3, 0.4) is 0 Å². The molecule has 3 nitrogen and oxygen atoms in total. The first kappa shape index (κ1) is 14.1. The number of rotatable bonds is 4. The summed E-state index contributed by atoms with van der Waals surface area (Å²) in [5, 5.41) is 2.99. The van der Waals surface area contributed by atoms with Crippen LogP contribution in [0.1, 0.15) is 35.5 Å². The fourth-order valence-corrected chi connectivity index (χ4v) is 3.49. The average Bonchev–Trinajstić information content (AvgIpc) is 2.91. The van der Waals surface area contributed by atoms with Crippen LogP contribution < -0.4 is 10.1 Å². The molecule has 0 aliphatic carbocycles. The second-order valence-corrected chi connectivity index (χ2v) is 6.74. The van der Waals surface area contributed by atoms with Crippen molar-refractivity contribution in [2.75, 3.05) is 6.54 Å². The number of carbonyl (C=O) groups is 1. The first-order valence-corrected chi connectivity index (χ1v) is 8.10. The fraction of sp³-hybridized carbons (Fsp3) is 0.353. The lowest BCUT2D eigenvalue weighted by atomic mass is 10.1. The molecule has 0 atom stereocenters. The molecular weight excluding hydrogens is 282 g/mol. The number of para-hydroxylation sites is 1. The molecule has 0 spiro atoms. The Morgan fingerprint density at radius 1 is 1.38 bits per heavy atom. The molecule has 1 aliphatic rings. The summed E-state index contributed by atoms with van der Waals surface area (Å²) in [4.78, 5) is 14.1. The summed E-state index contributed by atoms with van der Waals surface area (Å²) < 4.78 is 5.73. The summed E-state index contributed by atoms with van der Waals surface area (Å²) in [5.41, 5.74) is 2.19. The number of benzene rings is 1. The number of carbonyl (C=O) groups excluding carboxylic acids is 1. The number of fused-ring (bicyclic) bond motifs is 3. The molecule has 110 valence electrons. The van der Waals surface area contributed by atoms with Gasteiger partial charge in [-0.1, -0.05) is 26.0 Å². The highest BCUT2D eigenvalue weighted by molar-refractivity contribution is 7.17. The number of hydrogen-bond acceptors (Lipinski definition) is 3. The van der Waals surface area contributed by atoms with Gasteiger partial charge in [-0.2, -0.15) is 0 Å². The molecule has 0 fully saturated rings. The molecule has 0 bridgehead atoms. The summed E-state index contributed by atoms with van der Waals surface area (Å²) >= 11 is 1.55. The summed E-state index contributed by atoms with van der Waals surface area (Å²) in [6.07, 6.45) is 1.00. The Balaban J connectivity index is 1.79. The van der Waals surface area contributed by atoms with E-state index >= 15 is 0 Å². The molecule has 0 saturated heterocycles. The van der Waals surface area contributed by atoms with Crippen molar-refractivity contribution in [3.8, 4) is 16.2 Å². The largest absolute Gasteiger partial charge is 0.488 e. The van der Waals surface area contributed by atoms with Crippen LogP contribution in [0.4, 0.5) is 0 Å². The van der Waals surface area contributed by atoms with E-state index in [1.807, 2.05) is 30.3 Å². The average molecular weight is 301 g/mol. The predicted octanol–water partition coefficient (Wildman–Crippen LogP) is 4.08. The van der Waals surface area contributed by atoms with E-state index in [0.29, 0.717) is 12.5 Å². The third kappa shape index (κ3) is 2.95. The predicted molar refractivity (Wildman–Crippen MR) is 85.9 cm³/mol. The normalized spacial score (nSPS) is 12.5. The van der Waals surface area contributed by atoms with Crippen molar-refractivity contribution in [3.05, 3.63) is 40.8 Å². The fourth-order valence-electron chi connectivity index (χ4n) is 2.37. The second-order valence-electron chi connectivity index (χ2n) is 5.69. The maximum Gasteiger partial charge on any atom is 0.261 e. The molecule has 1 aromatic heterocycles. The van der Waals surface area contributed by atoms with Gasteiger partial charge in [-0.05, 0) is 30.5 Å². The highest BCUT2D eigenvalue weighted by atomic mass is 32.1. The van der Waals surface area contributed by atoms with Crippen LogP contribution in [0.15, 0.2) is 30.3 Å². The standard InChI is InChI=1S/C17H19NO2S/c1-11(2)7-8-18-17(19)15-9-12-10-20-14-6-4-3-5-13(14)16(12)21-15/h3-6,9,11H,7-8,10H2,1-2H3,(H,18,19). The summed E-state index contributed by atoms with van der Waals surface area (Å²) in [6.45, 7) is 5.59. The molecule has 2 heterocycles. The Bertz CT molecular complexity index is 661. The van der Waals surface area contributed by atoms with E-state index in [0.717, 1.165) is 39.6 Å². The number of thiophene rings is 1. The van der Waals surface area contributed by atoms with Gasteiger partial charge in [0.2, 0.25) is 0 Å². The van der Waals surface area contributed by atoms with Gasteiger partial charge in [-0.25, -0.2) is 0 Å². The van der Waals surface area contributed by atoms with Crippen LogP contribution in [0.25, 0.3) is 10.4 Å². The van der Waals surface area contributed by atoms with Crippen molar-refractivity contribution in [1.29, 1.82) is 0 Å². The van der Waals surface area contributed by atoms with E-state index < -0.39 is 0 Å². The lowest BCUT2D eigenvalue weighted by Crippen LogP contribution is -2.24. The molecule has 1 N–H and O–H groups in total. The molecule has 21 heavy (non-hydrogen) atoms. The zero-order valence-electron chi connectivity index (χ0n) is 12.3. The SMILES string of the molecule is CC(C)CCNC(=O)c1cc2c(s1)-c1ccccc1OC2. The molecule has 0 saturated carbocycles. The third-order valence-electron chi connectivity index (χ3n) is 3.55. The topological polar surface area (TPSA) is 38.3 Å². The van der Waals surface area contributed by atoms with Crippen LogP contribution in [0, 0.1) is 5.92 Å². The van der Waals surface area contributed by atoms with Crippen LogP contribution in [-0.2, 0) is 6.61 Å². The zero-order valence-corrected chi connectivity index (χ0v) is 13.1. The third-order valence-corrected chi connectivity index (χ3v) is 4.76. The van der Waals surface area contributed by atoms with E-state index in [4.69, 9.17) is 4.74 Å². The van der Waals surface area contributed by atoms with Crippen LogP contribution in [0.2, 0.25) is 0 Å². The quantitative estimate of drug-likeness (QED) is 0.924. The minimum atomic E-state index is 0.0209. The van der Waals surface area contributed by atoms with Crippen molar-refractivity contribution < 1.29 is 9.53 Å². The van der Waals surface area contributed by atoms with Crippen LogP contribution in [-0.4, -0.2) is 12.5 Å². The van der Waals surface area contributed by atoms with Crippen LogP contribution >= 0.6 is 11.3 Å². The van der Waals surface area contributed by atoms with Gasteiger partial charge < -0.3 is 10.1 Å². The lowest BCUT2D eigenvalue weighted by molar-refractivity contribution is 0.0956. The number of ether oxygens (including phenoxy) is 1. The van der Waals surface area contributed by atoms with Crippen molar-refractivity contribution in [2.45, 2.75) is 26.9 Å². The van der Waals surface area contributed by atoms with Gasteiger partial charge in [-0.3, -0.25) is 4.79 Å². The molecule has 3 rings (SSSR count). The summed E-state index contributed by atoms with van der Waals surface area (Å²) in [7, 11) is 0. The molecule has 2 aromatic rings. The smallest absolute Gasteiger partial charge is 0.261 e. The van der Waals surface area contributed by atoms with Gasteiger partial charge in [-0.15, -0.1) is 11.3 Å². The molecule has 1 aromatic carbocycles. The first-order chi connectivity index (χ1) is 10.1. The highest BCUT2D eigenvalue weighted by Crippen LogP contribution is 2.42. The van der Waals surface area contributed by atoms with Crippen LogP contribution in [0.5, 0.6) is 5.75 Å². The van der Waals surface area contributed by atoms with Gasteiger partial charge in [0.25, 0.3) is 5.91 Å². The van der Waals surface area contributed by atoms with Crippen molar-refractivity contribution in [2.24, 2.45) is 5.92 Å². The van der Waals surface area contributed by atoms with E-state index in [1.54, 1.807) is 11.3 Å². The van der Waals surface area contributed by atoms with Gasteiger partial charge in [0.15, 0.2) is 0 Å². The number of amides is 1. The Morgan fingerprint density at radius 3 is 3.00 bits per heavy atom. The van der Waals surface area contributed by atoms with Gasteiger partial charge in [0, 0.05) is 22.5 Å². The van der Waals surface area contributed by atoms with Gasteiger partial charge in [0.1, 0.15) is 12.4 Å². The van der Waals surface area contributed by atoms with E-state index in [9.17, 15) is 4.79 Å². The van der Waals surface area contributed by atoms with E-state index in [1.165, 1.54) is 0 Å².